The Morgan fingerprint density at radius 1 is 1.14 bits per heavy atom. The number of hydrogen-bond acceptors (Lipinski definition) is 4. The highest BCUT2D eigenvalue weighted by Crippen LogP contribution is 2.32. The molecule has 1 saturated carbocycles. The molecule has 2 saturated heterocycles. The van der Waals surface area contributed by atoms with Crippen LogP contribution in [0.1, 0.15) is 36.0 Å². The topological polar surface area (TPSA) is 53.1 Å². The molecule has 2 amide bonds. The predicted octanol–water partition coefficient (Wildman–Crippen LogP) is 2.51. The summed E-state index contributed by atoms with van der Waals surface area (Å²) in [6, 6.07) is 5.10. The minimum atomic E-state index is -0.0608. The first-order valence-corrected chi connectivity index (χ1v) is 10.6. The molecule has 0 bridgehead atoms. The summed E-state index contributed by atoms with van der Waals surface area (Å²) in [5.74, 6) is 1.49. The Morgan fingerprint density at radius 2 is 1.96 bits per heavy atom. The van der Waals surface area contributed by atoms with Gasteiger partial charge >= 0.3 is 0 Å². The molecule has 3 fully saturated rings. The summed E-state index contributed by atoms with van der Waals surface area (Å²) in [5.41, 5.74) is 0.496. The van der Waals surface area contributed by atoms with Gasteiger partial charge in [0.05, 0.1) is 18.7 Å². The molecule has 0 unspecified atom stereocenters. The first-order valence-electron chi connectivity index (χ1n) is 10.2. The van der Waals surface area contributed by atoms with Gasteiger partial charge in [-0.05, 0) is 49.8 Å². The number of nitrogens with zero attached hydrogens (tertiary/aromatic N) is 3. The Hall–Kier alpha value is -1.79. The fourth-order valence-electron chi connectivity index (χ4n) is 4.32. The number of ether oxygens (including phenoxy) is 1. The number of carbonyl (C=O) groups excluding carboxylic acids is 2. The lowest BCUT2D eigenvalue weighted by molar-refractivity contribution is -0.132. The molecule has 0 radical (unpaired) electrons. The van der Waals surface area contributed by atoms with E-state index < -0.39 is 0 Å². The van der Waals surface area contributed by atoms with E-state index in [0.717, 1.165) is 44.9 Å². The summed E-state index contributed by atoms with van der Waals surface area (Å²) in [5, 5.41) is 0.521. The predicted molar refractivity (Wildman–Crippen MR) is 108 cm³/mol. The molecule has 7 heteroatoms. The highest BCUT2D eigenvalue weighted by Gasteiger charge is 2.39. The van der Waals surface area contributed by atoms with E-state index in [2.05, 4.69) is 4.90 Å². The number of likely N-dealkylation sites (tertiary alicyclic amines) is 1. The van der Waals surface area contributed by atoms with Crippen molar-refractivity contribution in [3.63, 3.8) is 0 Å². The minimum absolute atomic E-state index is 0.0190. The molecule has 2 heterocycles. The van der Waals surface area contributed by atoms with Gasteiger partial charge in [0.1, 0.15) is 5.75 Å². The monoisotopic (exact) mass is 405 g/mol. The molecule has 0 aromatic heterocycles. The van der Waals surface area contributed by atoms with E-state index >= 15 is 0 Å². The molecule has 0 spiro atoms. The number of halogens is 1. The molecule has 152 valence electrons. The van der Waals surface area contributed by atoms with Crippen LogP contribution in [-0.2, 0) is 4.79 Å². The smallest absolute Gasteiger partial charge is 0.257 e. The Bertz CT molecular complexity index is 752. The van der Waals surface area contributed by atoms with Crippen molar-refractivity contribution >= 4 is 23.4 Å². The minimum Gasteiger partial charge on any atom is -0.496 e. The van der Waals surface area contributed by atoms with E-state index in [1.165, 1.54) is 12.8 Å². The fraction of sp³-hybridized carbons (Fsp3) is 0.619. The molecule has 4 rings (SSSR count). The van der Waals surface area contributed by atoms with Crippen LogP contribution < -0.4 is 4.74 Å². The van der Waals surface area contributed by atoms with Crippen molar-refractivity contribution in [3.05, 3.63) is 28.8 Å². The molecule has 6 nitrogen and oxygen atoms in total. The van der Waals surface area contributed by atoms with Crippen molar-refractivity contribution in [2.24, 2.45) is 5.92 Å². The van der Waals surface area contributed by atoms with Crippen molar-refractivity contribution < 1.29 is 14.3 Å². The van der Waals surface area contributed by atoms with E-state index in [1.807, 2.05) is 9.80 Å². The van der Waals surface area contributed by atoms with E-state index in [4.69, 9.17) is 16.3 Å². The second-order valence-corrected chi connectivity index (χ2v) is 8.49. The normalized spacial score (nSPS) is 23.8. The van der Waals surface area contributed by atoms with Crippen LogP contribution in [0.5, 0.6) is 5.75 Å². The molecule has 1 aromatic carbocycles. The van der Waals surface area contributed by atoms with Gasteiger partial charge in [0.25, 0.3) is 5.91 Å². The summed E-state index contributed by atoms with van der Waals surface area (Å²) in [6.45, 7) is 4.67. The first-order chi connectivity index (χ1) is 13.6. The van der Waals surface area contributed by atoms with Gasteiger partial charge in [0.2, 0.25) is 5.91 Å². The summed E-state index contributed by atoms with van der Waals surface area (Å²) in [6.07, 6.45) is 4.30. The number of methoxy groups -OCH3 is 1. The standard InChI is InChI=1S/C21H28ClN3O3/c1-28-19-6-5-16(22)13-17(19)20(26)24-9-2-8-23(11-12-24)18-7-10-25(21(18)27)14-15-3-4-15/h5-6,13,15,18H,2-4,7-12,14H2,1H3/t18-/m0/s1. The number of carbonyl (C=O) groups is 2. The van der Waals surface area contributed by atoms with E-state index in [1.54, 1.807) is 25.3 Å². The highest BCUT2D eigenvalue weighted by atomic mass is 35.5. The van der Waals surface area contributed by atoms with Crippen LogP contribution in [0.3, 0.4) is 0 Å². The molecule has 2 aliphatic heterocycles. The Balaban J connectivity index is 1.39. The van der Waals surface area contributed by atoms with Crippen molar-refractivity contribution in [1.29, 1.82) is 0 Å². The summed E-state index contributed by atoms with van der Waals surface area (Å²) in [7, 11) is 1.56. The van der Waals surface area contributed by atoms with Gasteiger partial charge in [0.15, 0.2) is 0 Å². The van der Waals surface area contributed by atoms with Crippen LogP contribution >= 0.6 is 11.6 Å². The average Bonchev–Trinajstić information content (AvgIpc) is 3.48. The zero-order valence-electron chi connectivity index (χ0n) is 16.4. The SMILES string of the molecule is COc1ccc(Cl)cc1C(=O)N1CCCN([C@H]2CCN(CC3CC3)C2=O)CC1. The van der Waals surface area contributed by atoms with E-state index in [-0.39, 0.29) is 17.9 Å². The van der Waals surface area contributed by atoms with Crippen LogP contribution in [0.25, 0.3) is 0 Å². The van der Waals surface area contributed by atoms with Gasteiger partial charge in [-0.15, -0.1) is 0 Å². The van der Waals surface area contributed by atoms with Crippen LogP contribution in [0, 0.1) is 5.92 Å². The van der Waals surface area contributed by atoms with Crippen molar-refractivity contribution in [3.8, 4) is 5.75 Å². The van der Waals surface area contributed by atoms with E-state index in [0.29, 0.717) is 29.4 Å². The molecular formula is C21H28ClN3O3. The highest BCUT2D eigenvalue weighted by molar-refractivity contribution is 6.31. The molecule has 28 heavy (non-hydrogen) atoms. The van der Waals surface area contributed by atoms with Gasteiger partial charge in [-0.2, -0.15) is 0 Å². The Morgan fingerprint density at radius 3 is 2.71 bits per heavy atom. The second-order valence-electron chi connectivity index (χ2n) is 8.06. The van der Waals surface area contributed by atoms with E-state index in [9.17, 15) is 9.59 Å². The molecule has 1 atom stereocenters. The fourth-order valence-corrected chi connectivity index (χ4v) is 4.50. The third-order valence-corrected chi connectivity index (χ3v) is 6.33. The lowest BCUT2D eigenvalue weighted by Crippen LogP contribution is -2.44. The third-order valence-electron chi connectivity index (χ3n) is 6.10. The lowest BCUT2D eigenvalue weighted by atomic mass is 10.1. The van der Waals surface area contributed by atoms with Gasteiger partial charge < -0.3 is 14.5 Å². The maximum atomic E-state index is 13.1. The first kappa shape index (κ1) is 19.5. The number of hydrogen-bond donors (Lipinski definition) is 0. The van der Waals surface area contributed by atoms with Crippen LogP contribution in [-0.4, -0.2) is 78.9 Å². The van der Waals surface area contributed by atoms with Crippen LogP contribution in [0.4, 0.5) is 0 Å². The van der Waals surface area contributed by atoms with Crippen LogP contribution in [0.2, 0.25) is 5.02 Å². The third kappa shape index (κ3) is 4.13. The Labute approximate surface area is 171 Å². The lowest BCUT2D eigenvalue weighted by Gasteiger charge is -2.27. The number of rotatable bonds is 5. The van der Waals surface area contributed by atoms with Gasteiger partial charge in [-0.1, -0.05) is 11.6 Å². The maximum absolute atomic E-state index is 13.1. The van der Waals surface area contributed by atoms with Crippen molar-refractivity contribution in [1.82, 2.24) is 14.7 Å². The van der Waals surface area contributed by atoms with Gasteiger partial charge in [-0.25, -0.2) is 0 Å². The number of amides is 2. The zero-order chi connectivity index (χ0) is 19.7. The van der Waals surface area contributed by atoms with Gasteiger partial charge in [0, 0.05) is 44.3 Å². The molecular weight excluding hydrogens is 378 g/mol. The molecule has 1 aliphatic carbocycles. The largest absolute Gasteiger partial charge is 0.496 e. The maximum Gasteiger partial charge on any atom is 0.257 e. The zero-order valence-corrected chi connectivity index (χ0v) is 17.2. The molecule has 1 aromatic rings. The second kappa shape index (κ2) is 8.29. The van der Waals surface area contributed by atoms with Crippen molar-refractivity contribution in [2.45, 2.75) is 31.7 Å². The average molecular weight is 406 g/mol. The quantitative estimate of drug-likeness (QED) is 0.755. The molecule has 3 aliphatic rings. The summed E-state index contributed by atoms with van der Waals surface area (Å²) in [4.78, 5) is 32.0. The van der Waals surface area contributed by atoms with Crippen molar-refractivity contribution in [2.75, 3.05) is 46.4 Å². The van der Waals surface area contributed by atoms with Gasteiger partial charge in [-0.3, -0.25) is 14.5 Å². The Kier molecular flexibility index (Phi) is 5.78. The summed E-state index contributed by atoms with van der Waals surface area (Å²) >= 11 is 6.09. The summed E-state index contributed by atoms with van der Waals surface area (Å²) < 4.78 is 5.34. The van der Waals surface area contributed by atoms with Crippen LogP contribution in [0.15, 0.2) is 18.2 Å². The molecule has 0 N–H and O–H groups in total. The number of benzene rings is 1.